The van der Waals surface area contributed by atoms with Crippen LogP contribution < -0.4 is 5.32 Å². The van der Waals surface area contributed by atoms with Crippen LogP contribution in [0, 0.1) is 0 Å². The highest BCUT2D eigenvalue weighted by Crippen LogP contribution is 2.30. The topological polar surface area (TPSA) is 38.3 Å². The predicted octanol–water partition coefficient (Wildman–Crippen LogP) is 4.57. The molecule has 0 aliphatic rings. The number of furan rings is 2. The molecule has 3 rings (SSSR count). The van der Waals surface area contributed by atoms with Crippen molar-refractivity contribution in [1.82, 2.24) is 5.32 Å². The fraction of sp³-hybridized carbons (Fsp3) is 0.250. The quantitative estimate of drug-likeness (QED) is 0.747. The van der Waals surface area contributed by atoms with Gasteiger partial charge in [0.1, 0.15) is 11.5 Å². The normalized spacial score (nSPS) is 12.9. The first-order valence-corrected chi connectivity index (χ1v) is 7.03. The first-order valence-electron chi connectivity index (χ1n) is 6.65. The van der Waals surface area contributed by atoms with Gasteiger partial charge in [-0.15, -0.1) is 0 Å². The summed E-state index contributed by atoms with van der Waals surface area (Å²) >= 11 is 6.15. The molecule has 0 aliphatic heterocycles. The lowest BCUT2D eigenvalue weighted by Gasteiger charge is -2.12. The Kier molecular flexibility index (Phi) is 3.81. The molecule has 0 bridgehead atoms. The van der Waals surface area contributed by atoms with E-state index in [1.54, 1.807) is 6.26 Å². The average molecular weight is 290 g/mol. The van der Waals surface area contributed by atoms with E-state index in [1.807, 2.05) is 43.4 Å². The molecule has 1 atom stereocenters. The van der Waals surface area contributed by atoms with Gasteiger partial charge in [-0.3, -0.25) is 0 Å². The van der Waals surface area contributed by atoms with E-state index in [0.29, 0.717) is 5.02 Å². The SMILES string of the molecule is CNC(CCc1ccco1)c1cc2cccc(Cl)c2o1. The van der Waals surface area contributed by atoms with Gasteiger partial charge >= 0.3 is 0 Å². The molecule has 0 spiro atoms. The molecule has 104 valence electrons. The Bertz CT molecular complexity index is 688. The zero-order valence-corrected chi connectivity index (χ0v) is 12.0. The van der Waals surface area contributed by atoms with E-state index >= 15 is 0 Å². The largest absolute Gasteiger partial charge is 0.469 e. The van der Waals surface area contributed by atoms with Crippen LogP contribution in [0.2, 0.25) is 5.02 Å². The molecule has 3 nitrogen and oxygen atoms in total. The molecular formula is C16H16ClNO2. The summed E-state index contributed by atoms with van der Waals surface area (Å²) in [5.41, 5.74) is 0.752. The number of fused-ring (bicyclic) bond motifs is 1. The average Bonchev–Trinajstić information content (AvgIpc) is 3.09. The fourth-order valence-corrected chi connectivity index (χ4v) is 2.61. The minimum Gasteiger partial charge on any atom is -0.469 e. The van der Waals surface area contributed by atoms with E-state index in [9.17, 15) is 0 Å². The van der Waals surface area contributed by atoms with Crippen LogP contribution in [0.25, 0.3) is 11.0 Å². The van der Waals surface area contributed by atoms with E-state index in [2.05, 4.69) is 5.32 Å². The Morgan fingerprint density at radius 3 is 2.85 bits per heavy atom. The monoisotopic (exact) mass is 289 g/mol. The number of benzene rings is 1. The van der Waals surface area contributed by atoms with E-state index in [1.165, 1.54) is 0 Å². The van der Waals surface area contributed by atoms with E-state index < -0.39 is 0 Å². The number of para-hydroxylation sites is 1. The van der Waals surface area contributed by atoms with E-state index in [4.69, 9.17) is 20.4 Å². The summed E-state index contributed by atoms with van der Waals surface area (Å²) in [6.45, 7) is 0. The third-order valence-corrected chi connectivity index (χ3v) is 3.76. The van der Waals surface area contributed by atoms with Crippen LogP contribution in [0.4, 0.5) is 0 Å². The first-order chi connectivity index (χ1) is 9.78. The van der Waals surface area contributed by atoms with Crippen molar-refractivity contribution in [2.24, 2.45) is 0 Å². The number of hydrogen-bond donors (Lipinski definition) is 1. The van der Waals surface area contributed by atoms with Crippen LogP contribution in [0.3, 0.4) is 0 Å². The van der Waals surface area contributed by atoms with Gasteiger partial charge in [-0.05, 0) is 37.7 Å². The van der Waals surface area contributed by atoms with Crippen molar-refractivity contribution in [3.05, 3.63) is 59.2 Å². The number of halogens is 1. The molecule has 0 saturated heterocycles. The van der Waals surface area contributed by atoms with Gasteiger partial charge < -0.3 is 14.2 Å². The molecule has 2 heterocycles. The maximum Gasteiger partial charge on any atom is 0.152 e. The first kappa shape index (κ1) is 13.3. The van der Waals surface area contributed by atoms with Crippen molar-refractivity contribution in [3.8, 4) is 0 Å². The predicted molar refractivity (Wildman–Crippen MR) is 80.1 cm³/mol. The van der Waals surface area contributed by atoms with Crippen LogP contribution in [0.5, 0.6) is 0 Å². The van der Waals surface area contributed by atoms with Crippen molar-refractivity contribution < 1.29 is 8.83 Å². The van der Waals surface area contributed by atoms with Gasteiger partial charge in [-0.1, -0.05) is 23.7 Å². The molecule has 0 aliphatic carbocycles. The molecular weight excluding hydrogens is 274 g/mol. The third-order valence-electron chi connectivity index (χ3n) is 3.47. The highest BCUT2D eigenvalue weighted by molar-refractivity contribution is 6.34. The highest BCUT2D eigenvalue weighted by Gasteiger charge is 2.16. The van der Waals surface area contributed by atoms with Gasteiger partial charge in [0, 0.05) is 11.8 Å². The van der Waals surface area contributed by atoms with Gasteiger partial charge in [0.05, 0.1) is 17.3 Å². The van der Waals surface area contributed by atoms with Crippen LogP contribution in [0.15, 0.2) is 51.5 Å². The van der Waals surface area contributed by atoms with E-state index in [-0.39, 0.29) is 6.04 Å². The summed E-state index contributed by atoms with van der Waals surface area (Å²) in [6, 6.07) is 11.9. The van der Waals surface area contributed by atoms with Crippen molar-refractivity contribution in [2.45, 2.75) is 18.9 Å². The fourth-order valence-electron chi connectivity index (χ4n) is 2.39. The lowest BCUT2D eigenvalue weighted by Crippen LogP contribution is -2.16. The summed E-state index contributed by atoms with van der Waals surface area (Å²) in [5.74, 6) is 1.89. The zero-order valence-electron chi connectivity index (χ0n) is 11.2. The van der Waals surface area contributed by atoms with E-state index in [0.717, 1.165) is 35.3 Å². The molecule has 4 heteroatoms. The number of nitrogens with one attached hydrogen (secondary N) is 1. The minimum absolute atomic E-state index is 0.142. The highest BCUT2D eigenvalue weighted by atomic mass is 35.5. The van der Waals surface area contributed by atoms with Crippen molar-refractivity contribution in [2.75, 3.05) is 7.05 Å². The number of rotatable bonds is 5. The molecule has 0 saturated carbocycles. The van der Waals surface area contributed by atoms with Gasteiger partial charge in [0.15, 0.2) is 5.58 Å². The number of aryl methyl sites for hydroxylation is 1. The molecule has 3 aromatic rings. The molecule has 20 heavy (non-hydrogen) atoms. The molecule has 0 radical (unpaired) electrons. The second-order valence-corrected chi connectivity index (χ2v) is 5.17. The van der Waals surface area contributed by atoms with Gasteiger partial charge in [-0.25, -0.2) is 0 Å². The maximum absolute atomic E-state index is 6.15. The lowest BCUT2D eigenvalue weighted by molar-refractivity contribution is 0.414. The summed E-state index contributed by atoms with van der Waals surface area (Å²) < 4.78 is 11.3. The third kappa shape index (κ3) is 2.60. The van der Waals surface area contributed by atoms with Crippen molar-refractivity contribution in [1.29, 1.82) is 0 Å². The van der Waals surface area contributed by atoms with Crippen LogP contribution in [-0.2, 0) is 6.42 Å². The summed E-state index contributed by atoms with van der Waals surface area (Å²) in [5, 5.41) is 4.96. The molecule has 0 fully saturated rings. The second-order valence-electron chi connectivity index (χ2n) is 4.77. The Morgan fingerprint density at radius 1 is 1.25 bits per heavy atom. The molecule has 2 aromatic heterocycles. The van der Waals surface area contributed by atoms with Crippen molar-refractivity contribution >= 4 is 22.6 Å². The summed E-state index contributed by atoms with van der Waals surface area (Å²) in [7, 11) is 1.93. The molecule has 1 N–H and O–H groups in total. The zero-order chi connectivity index (χ0) is 13.9. The van der Waals surface area contributed by atoms with Gasteiger partial charge in [0.25, 0.3) is 0 Å². The summed E-state index contributed by atoms with van der Waals surface area (Å²) in [4.78, 5) is 0. The van der Waals surface area contributed by atoms with Gasteiger partial charge in [0.2, 0.25) is 0 Å². The molecule has 1 aromatic carbocycles. The number of hydrogen-bond acceptors (Lipinski definition) is 3. The van der Waals surface area contributed by atoms with Crippen LogP contribution in [0.1, 0.15) is 24.0 Å². The Balaban J connectivity index is 1.81. The van der Waals surface area contributed by atoms with Crippen LogP contribution >= 0.6 is 11.6 Å². The van der Waals surface area contributed by atoms with Gasteiger partial charge in [-0.2, -0.15) is 0 Å². The maximum atomic E-state index is 6.15. The standard InChI is InChI=1S/C16H16ClNO2/c1-18-14(8-7-12-5-3-9-19-12)15-10-11-4-2-6-13(17)16(11)20-15/h2-6,9-10,14,18H,7-8H2,1H3. The second kappa shape index (κ2) is 5.73. The molecule has 1 unspecified atom stereocenters. The van der Waals surface area contributed by atoms with Crippen LogP contribution in [-0.4, -0.2) is 7.05 Å². The Morgan fingerprint density at radius 2 is 2.15 bits per heavy atom. The summed E-state index contributed by atoms with van der Waals surface area (Å²) in [6.07, 6.45) is 3.47. The Hall–Kier alpha value is -1.71. The lowest BCUT2D eigenvalue weighted by atomic mass is 10.1. The molecule has 0 amide bonds. The Labute approximate surface area is 122 Å². The van der Waals surface area contributed by atoms with Crippen molar-refractivity contribution in [3.63, 3.8) is 0 Å². The smallest absolute Gasteiger partial charge is 0.152 e. The minimum atomic E-state index is 0.142.